The van der Waals surface area contributed by atoms with Crippen LogP contribution in [0, 0.1) is 5.92 Å². The zero-order valence-corrected chi connectivity index (χ0v) is 24.6. The van der Waals surface area contributed by atoms with E-state index in [9.17, 15) is 22.8 Å². The Bertz CT molecular complexity index is 1520. The number of amides is 3. The lowest BCUT2D eigenvalue weighted by Crippen LogP contribution is -2.56. The Labute approximate surface area is 243 Å². The molecule has 2 aromatic rings. The molecule has 13 heteroatoms. The number of pyridine rings is 1. The van der Waals surface area contributed by atoms with Crippen molar-refractivity contribution in [2.24, 2.45) is 5.92 Å². The second-order valence-electron chi connectivity index (χ2n) is 11.8. The van der Waals surface area contributed by atoms with Gasteiger partial charge in [-0.15, -0.1) is 6.58 Å². The SMILES string of the molecule is C=CC1C[C@]1(NC(=O)C1C[C@@H](Oc2nccc3c(Cl)cccc23)CN1C(=O)OC(C)(C)C)C(=O)NS(=O)(=O)C1CC1. The topological polar surface area (TPSA) is 144 Å². The number of carbonyl (C=O) groups is 3. The summed E-state index contributed by atoms with van der Waals surface area (Å²) < 4.78 is 38.8. The molecule has 1 aromatic carbocycles. The molecule has 2 heterocycles. The first-order valence-corrected chi connectivity index (χ1v) is 15.4. The minimum atomic E-state index is -3.83. The van der Waals surface area contributed by atoms with Crippen molar-refractivity contribution in [1.82, 2.24) is 19.9 Å². The van der Waals surface area contributed by atoms with E-state index in [-0.39, 0.29) is 19.4 Å². The van der Waals surface area contributed by atoms with Crippen LogP contribution < -0.4 is 14.8 Å². The number of aromatic nitrogens is 1. The van der Waals surface area contributed by atoms with Gasteiger partial charge in [0.1, 0.15) is 23.3 Å². The maximum absolute atomic E-state index is 13.7. The fourth-order valence-electron chi connectivity index (χ4n) is 5.07. The van der Waals surface area contributed by atoms with Gasteiger partial charge in [-0.05, 0) is 58.2 Å². The molecule has 4 atom stereocenters. The van der Waals surface area contributed by atoms with Gasteiger partial charge in [-0.25, -0.2) is 18.2 Å². The summed E-state index contributed by atoms with van der Waals surface area (Å²) in [6, 6.07) is 6.06. The van der Waals surface area contributed by atoms with Crippen molar-refractivity contribution in [3.05, 3.63) is 48.1 Å². The van der Waals surface area contributed by atoms with Crippen LogP contribution in [0.1, 0.15) is 46.5 Å². The van der Waals surface area contributed by atoms with E-state index >= 15 is 0 Å². The van der Waals surface area contributed by atoms with Crippen molar-refractivity contribution < 1.29 is 32.3 Å². The zero-order valence-electron chi connectivity index (χ0n) is 23.1. The Balaban J connectivity index is 1.38. The average Bonchev–Trinajstić information content (AvgIpc) is 3.80. The number of sulfonamides is 1. The number of ether oxygens (including phenoxy) is 2. The minimum absolute atomic E-state index is 0.0196. The van der Waals surface area contributed by atoms with Crippen LogP contribution in [0.5, 0.6) is 5.88 Å². The summed E-state index contributed by atoms with van der Waals surface area (Å²) in [6.07, 6.45) is 2.96. The van der Waals surface area contributed by atoms with Crippen molar-refractivity contribution >= 4 is 50.3 Å². The van der Waals surface area contributed by atoms with Crippen molar-refractivity contribution in [3.63, 3.8) is 0 Å². The Kier molecular flexibility index (Phi) is 7.44. The molecular weight excluding hydrogens is 572 g/mol. The molecule has 1 aromatic heterocycles. The van der Waals surface area contributed by atoms with Crippen molar-refractivity contribution in [3.8, 4) is 5.88 Å². The average molecular weight is 605 g/mol. The van der Waals surface area contributed by atoms with E-state index in [1.54, 1.807) is 45.2 Å². The summed E-state index contributed by atoms with van der Waals surface area (Å²) >= 11 is 6.33. The first-order valence-electron chi connectivity index (χ1n) is 13.4. The maximum atomic E-state index is 13.7. The van der Waals surface area contributed by atoms with Gasteiger partial charge >= 0.3 is 6.09 Å². The first kappa shape index (κ1) is 29.1. The molecule has 11 nitrogen and oxygen atoms in total. The van der Waals surface area contributed by atoms with Crippen LogP contribution in [-0.2, 0) is 24.3 Å². The van der Waals surface area contributed by atoms with Crippen LogP contribution in [0.25, 0.3) is 10.8 Å². The number of benzene rings is 1. The monoisotopic (exact) mass is 604 g/mol. The van der Waals surface area contributed by atoms with Crippen LogP contribution in [-0.4, -0.2) is 71.3 Å². The Hall–Kier alpha value is -3.38. The van der Waals surface area contributed by atoms with Crippen LogP contribution >= 0.6 is 11.6 Å². The van der Waals surface area contributed by atoms with E-state index in [0.717, 1.165) is 5.39 Å². The predicted octanol–water partition coefficient (Wildman–Crippen LogP) is 3.31. The first-order chi connectivity index (χ1) is 19.2. The highest BCUT2D eigenvalue weighted by molar-refractivity contribution is 7.91. The largest absolute Gasteiger partial charge is 0.472 e. The van der Waals surface area contributed by atoms with Crippen molar-refractivity contribution in [2.45, 2.75) is 75.0 Å². The van der Waals surface area contributed by atoms with Gasteiger partial charge < -0.3 is 14.8 Å². The van der Waals surface area contributed by atoms with E-state index in [1.165, 1.54) is 11.0 Å². The smallest absolute Gasteiger partial charge is 0.411 e. The van der Waals surface area contributed by atoms with Crippen LogP contribution in [0.2, 0.25) is 5.02 Å². The van der Waals surface area contributed by atoms with Gasteiger partial charge in [-0.3, -0.25) is 19.2 Å². The van der Waals surface area contributed by atoms with E-state index < -0.39 is 62.4 Å². The van der Waals surface area contributed by atoms with E-state index in [2.05, 4.69) is 21.6 Å². The number of fused-ring (bicyclic) bond motifs is 1. The molecule has 1 aliphatic heterocycles. The molecule has 0 radical (unpaired) electrons. The highest BCUT2D eigenvalue weighted by Gasteiger charge is 2.62. The van der Waals surface area contributed by atoms with Crippen molar-refractivity contribution in [2.75, 3.05) is 6.54 Å². The summed E-state index contributed by atoms with van der Waals surface area (Å²) in [5, 5.41) is 4.08. The molecule has 41 heavy (non-hydrogen) atoms. The Morgan fingerprint density at radius 1 is 1.20 bits per heavy atom. The fourth-order valence-corrected chi connectivity index (χ4v) is 6.67. The van der Waals surface area contributed by atoms with Crippen LogP contribution in [0.4, 0.5) is 4.79 Å². The third-order valence-corrected chi connectivity index (χ3v) is 9.59. The molecule has 3 amide bonds. The lowest BCUT2D eigenvalue weighted by atomic mass is 10.1. The summed E-state index contributed by atoms with van der Waals surface area (Å²) in [7, 11) is -3.83. The minimum Gasteiger partial charge on any atom is -0.472 e. The van der Waals surface area contributed by atoms with Crippen LogP contribution in [0.15, 0.2) is 43.1 Å². The number of carbonyl (C=O) groups excluding carboxylic acids is 3. The Morgan fingerprint density at radius 3 is 2.56 bits per heavy atom. The van der Waals surface area contributed by atoms with Gasteiger partial charge in [0.25, 0.3) is 5.91 Å². The third kappa shape index (κ3) is 5.99. The quantitative estimate of drug-likeness (QED) is 0.437. The number of likely N-dealkylation sites (tertiary alicyclic amines) is 1. The summed E-state index contributed by atoms with van der Waals surface area (Å²) in [6.45, 7) is 8.88. The normalized spacial score (nSPS) is 25.9. The Morgan fingerprint density at radius 2 is 1.93 bits per heavy atom. The summed E-state index contributed by atoms with van der Waals surface area (Å²) in [5.74, 6) is -1.60. The molecule has 2 N–H and O–H groups in total. The molecule has 0 bridgehead atoms. The number of nitrogens with one attached hydrogen (secondary N) is 2. The highest BCUT2D eigenvalue weighted by atomic mass is 35.5. The number of hydrogen-bond acceptors (Lipinski definition) is 8. The van der Waals surface area contributed by atoms with Gasteiger partial charge in [0.05, 0.1) is 11.8 Å². The maximum Gasteiger partial charge on any atom is 0.411 e. The van der Waals surface area contributed by atoms with E-state index in [1.807, 2.05) is 6.07 Å². The van der Waals surface area contributed by atoms with E-state index in [0.29, 0.717) is 29.1 Å². The third-order valence-electron chi connectivity index (χ3n) is 7.44. The fraction of sp³-hybridized carbons (Fsp3) is 0.500. The summed E-state index contributed by atoms with van der Waals surface area (Å²) in [4.78, 5) is 45.7. The molecule has 3 fully saturated rings. The van der Waals surface area contributed by atoms with Gasteiger partial charge in [0.15, 0.2) is 0 Å². The number of halogens is 1. The molecule has 2 unspecified atom stereocenters. The van der Waals surface area contributed by atoms with Gasteiger partial charge in [0.2, 0.25) is 21.8 Å². The highest BCUT2D eigenvalue weighted by Crippen LogP contribution is 2.45. The number of hydrogen-bond donors (Lipinski definition) is 2. The summed E-state index contributed by atoms with van der Waals surface area (Å²) in [5.41, 5.74) is -2.30. The van der Waals surface area contributed by atoms with Crippen LogP contribution in [0.3, 0.4) is 0 Å². The molecule has 1 saturated heterocycles. The van der Waals surface area contributed by atoms with Gasteiger partial charge in [-0.1, -0.05) is 23.7 Å². The number of nitrogens with zero attached hydrogens (tertiary/aromatic N) is 2. The second kappa shape index (κ2) is 10.5. The molecule has 2 saturated carbocycles. The second-order valence-corrected chi connectivity index (χ2v) is 14.1. The zero-order chi connectivity index (χ0) is 29.7. The molecule has 3 aliphatic rings. The molecule has 2 aliphatic carbocycles. The van der Waals surface area contributed by atoms with E-state index in [4.69, 9.17) is 21.1 Å². The predicted molar refractivity (Wildman–Crippen MR) is 152 cm³/mol. The lowest BCUT2D eigenvalue weighted by molar-refractivity contribution is -0.131. The molecule has 0 spiro atoms. The lowest BCUT2D eigenvalue weighted by Gasteiger charge is -2.29. The standard InChI is InChI=1S/C28H33ClN4O7S/c1-5-16-14-28(16,25(35)32-41(37,38)18-9-10-18)31-23(34)22-13-17(15-33(22)26(36)40-27(2,3)4)39-24-20-7-6-8-21(29)19(20)11-12-30-24/h5-8,11-12,16-18,22H,1,9-10,13-15H2,2-4H3,(H,31,34)(H,32,35)/t16?,17-,22?,28-/m1/s1. The molecule has 5 rings (SSSR count). The molecule has 220 valence electrons. The molecular formula is C28H33ClN4O7S. The van der Waals surface area contributed by atoms with Gasteiger partial charge in [-0.2, -0.15) is 0 Å². The van der Waals surface area contributed by atoms with Gasteiger partial charge in [0, 0.05) is 34.3 Å². The van der Waals surface area contributed by atoms with Crippen molar-refractivity contribution in [1.29, 1.82) is 0 Å². The number of rotatable bonds is 8.